The highest BCUT2D eigenvalue weighted by Crippen LogP contribution is 2.27. The van der Waals surface area contributed by atoms with Gasteiger partial charge in [0.1, 0.15) is 0 Å². The Bertz CT molecular complexity index is 649. The summed E-state index contributed by atoms with van der Waals surface area (Å²) in [6.45, 7) is 5.99. The Morgan fingerprint density at radius 3 is 2.45 bits per heavy atom. The van der Waals surface area contributed by atoms with E-state index in [-0.39, 0.29) is 23.4 Å². The lowest BCUT2D eigenvalue weighted by Crippen LogP contribution is -2.26. The molecule has 0 saturated carbocycles. The fourth-order valence-corrected chi connectivity index (χ4v) is 3.13. The Morgan fingerprint density at radius 2 is 1.90 bits per heavy atom. The van der Waals surface area contributed by atoms with Gasteiger partial charge in [-0.3, -0.25) is 4.79 Å². The van der Waals surface area contributed by atoms with E-state index < -0.39 is 0 Å². The zero-order valence-electron chi connectivity index (χ0n) is 11.6. The van der Waals surface area contributed by atoms with E-state index in [0.717, 1.165) is 5.56 Å². The molecule has 1 amide bonds. The van der Waals surface area contributed by atoms with Crippen LogP contribution < -0.4 is 5.32 Å². The number of rotatable bonds is 3. The summed E-state index contributed by atoms with van der Waals surface area (Å²) in [5, 5.41) is 21.6. The maximum Gasteiger partial charge on any atom is 0.251 e. The molecule has 0 aliphatic heterocycles. The molecule has 0 aliphatic carbocycles. The highest BCUT2D eigenvalue weighted by atomic mass is 32.1. The largest absolute Gasteiger partial charge is 0.504 e. The Labute approximate surface area is 121 Å². The molecule has 4 nitrogen and oxygen atoms in total. The zero-order chi connectivity index (χ0) is 14.9. The minimum Gasteiger partial charge on any atom is -0.504 e. The number of phenols is 2. The van der Waals surface area contributed by atoms with Crippen LogP contribution in [0.15, 0.2) is 24.3 Å². The molecule has 1 heterocycles. The lowest BCUT2D eigenvalue weighted by Gasteiger charge is -2.14. The monoisotopic (exact) mass is 291 g/mol. The van der Waals surface area contributed by atoms with Gasteiger partial charge < -0.3 is 15.5 Å². The summed E-state index contributed by atoms with van der Waals surface area (Å²) in [5.74, 6) is -0.817. The van der Waals surface area contributed by atoms with Crippen molar-refractivity contribution in [2.75, 3.05) is 0 Å². The zero-order valence-corrected chi connectivity index (χ0v) is 12.4. The maximum absolute atomic E-state index is 12.1. The first-order valence-corrected chi connectivity index (χ1v) is 7.10. The van der Waals surface area contributed by atoms with Crippen LogP contribution in [0, 0.1) is 13.8 Å². The molecule has 0 radical (unpaired) electrons. The molecule has 1 aromatic heterocycles. The topological polar surface area (TPSA) is 69.6 Å². The van der Waals surface area contributed by atoms with Crippen molar-refractivity contribution in [1.82, 2.24) is 5.32 Å². The van der Waals surface area contributed by atoms with Gasteiger partial charge in [0.05, 0.1) is 6.04 Å². The van der Waals surface area contributed by atoms with Crippen molar-refractivity contribution in [3.8, 4) is 11.5 Å². The van der Waals surface area contributed by atoms with Crippen LogP contribution >= 0.6 is 11.3 Å². The lowest BCUT2D eigenvalue weighted by molar-refractivity contribution is 0.0939. The van der Waals surface area contributed by atoms with Crippen molar-refractivity contribution in [1.29, 1.82) is 0 Å². The van der Waals surface area contributed by atoms with E-state index >= 15 is 0 Å². The van der Waals surface area contributed by atoms with Gasteiger partial charge in [0.15, 0.2) is 11.5 Å². The first kappa shape index (κ1) is 14.4. The SMILES string of the molecule is Cc1cc(C(C)NC(=O)c2ccc(O)c(O)c2)c(C)s1. The molecule has 5 heteroatoms. The van der Waals surface area contributed by atoms with Crippen LogP contribution in [0.2, 0.25) is 0 Å². The van der Waals surface area contributed by atoms with Crippen molar-refractivity contribution in [2.24, 2.45) is 0 Å². The van der Waals surface area contributed by atoms with E-state index in [9.17, 15) is 15.0 Å². The second kappa shape index (κ2) is 5.54. The third-order valence-electron chi connectivity index (χ3n) is 3.13. The highest BCUT2D eigenvalue weighted by molar-refractivity contribution is 7.12. The molecule has 0 bridgehead atoms. The number of nitrogens with one attached hydrogen (secondary N) is 1. The van der Waals surface area contributed by atoms with Crippen LogP contribution in [-0.4, -0.2) is 16.1 Å². The van der Waals surface area contributed by atoms with E-state index in [2.05, 4.69) is 11.4 Å². The van der Waals surface area contributed by atoms with Crippen LogP contribution in [0.1, 0.15) is 38.6 Å². The molecule has 0 aliphatic rings. The number of hydrogen-bond acceptors (Lipinski definition) is 4. The van der Waals surface area contributed by atoms with E-state index in [1.54, 1.807) is 11.3 Å². The standard InChI is InChI=1S/C15H17NO3S/c1-8-6-12(10(3)20-8)9(2)16-15(19)11-4-5-13(17)14(18)7-11/h4-7,9,17-18H,1-3H3,(H,16,19). The van der Waals surface area contributed by atoms with Gasteiger partial charge in [-0.05, 0) is 50.6 Å². The van der Waals surface area contributed by atoms with E-state index in [1.807, 2.05) is 20.8 Å². The van der Waals surface area contributed by atoms with Crippen molar-refractivity contribution in [3.05, 3.63) is 45.1 Å². The molecular formula is C15H17NO3S. The quantitative estimate of drug-likeness (QED) is 0.760. The second-order valence-corrected chi connectivity index (χ2v) is 6.23. The summed E-state index contributed by atoms with van der Waals surface area (Å²) >= 11 is 1.70. The number of benzene rings is 1. The summed E-state index contributed by atoms with van der Waals surface area (Å²) in [5.41, 5.74) is 1.42. The minimum absolute atomic E-state index is 0.108. The summed E-state index contributed by atoms with van der Waals surface area (Å²) in [4.78, 5) is 14.5. The number of carbonyl (C=O) groups is 1. The van der Waals surface area contributed by atoms with Crippen LogP contribution in [0.5, 0.6) is 11.5 Å². The molecule has 0 spiro atoms. The first-order chi connectivity index (χ1) is 9.38. The lowest BCUT2D eigenvalue weighted by atomic mass is 10.1. The summed E-state index contributed by atoms with van der Waals surface area (Å²) in [6, 6.07) is 5.99. The average molecular weight is 291 g/mol. The Balaban J connectivity index is 2.15. The van der Waals surface area contributed by atoms with Crippen LogP contribution in [-0.2, 0) is 0 Å². The molecule has 2 aromatic rings. The second-order valence-electron chi connectivity index (χ2n) is 4.77. The van der Waals surface area contributed by atoms with Crippen molar-refractivity contribution < 1.29 is 15.0 Å². The molecule has 1 aromatic carbocycles. The number of aromatic hydroxyl groups is 2. The van der Waals surface area contributed by atoms with Crippen molar-refractivity contribution >= 4 is 17.2 Å². The Hall–Kier alpha value is -2.01. The van der Waals surface area contributed by atoms with Crippen molar-refractivity contribution in [2.45, 2.75) is 26.8 Å². The number of phenolic OH excluding ortho intramolecular Hbond substituents is 2. The molecule has 0 saturated heterocycles. The summed E-state index contributed by atoms with van der Waals surface area (Å²) in [7, 11) is 0. The van der Waals surface area contributed by atoms with E-state index in [1.165, 1.54) is 28.0 Å². The Kier molecular flexibility index (Phi) is 3.99. The van der Waals surface area contributed by atoms with Gasteiger partial charge in [-0.1, -0.05) is 0 Å². The number of amides is 1. The normalized spacial score (nSPS) is 12.2. The number of hydrogen-bond donors (Lipinski definition) is 3. The van der Waals surface area contributed by atoms with Crippen LogP contribution in [0.4, 0.5) is 0 Å². The van der Waals surface area contributed by atoms with Gasteiger partial charge in [-0.15, -0.1) is 11.3 Å². The Morgan fingerprint density at radius 1 is 1.20 bits per heavy atom. The molecular weight excluding hydrogens is 274 g/mol. The van der Waals surface area contributed by atoms with Gasteiger partial charge in [-0.25, -0.2) is 0 Å². The first-order valence-electron chi connectivity index (χ1n) is 6.28. The third-order valence-corrected chi connectivity index (χ3v) is 4.11. The molecule has 1 atom stereocenters. The van der Waals surface area contributed by atoms with Crippen LogP contribution in [0.3, 0.4) is 0 Å². The minimum atomic E-state index is -0.298. The van der Waals surface area contributed by atoms with Gasteiger partial charge in [0.2, 0.25) is 0 Å². The van der Waals surface area contributed by atoms with Gasteiger partial charge >= 0.3 is 0 Å². The smallest absolute Gasteiger partial charge is 0.251 e. The maximum atomic E-state index is 12.1. The highest BCUT2D eigenvalue weighted by Gasteiger charge is 2.15. The molecule has 0 fully saturated rings. The number of aryl methyl sites for hydroxylation is 2. The fraction of sp³-hybridized carbons (Fsp3) is 0.267. The summed E-state index contributed by atoms with van der Waals surface area (Å²) < 4.78 is 0. The average Bonchev–Trinajstić information content (AvgIpc) is 2.71. The molecule has 3 N–H and O–H groups in total. The van der Waals surface area contributed by atoms with Gasteiger partial charge in [-0.2, -0.15) is 0 Å². The molecule has 20 heavy (non-hydrogen) atoms. The van der Waals surface area contributed by atoms with Gasteiger partial charge in [0.25, 0.3) is 5.91 Å². The molecule has 106 valence electrons. The fourth-order valence-electron chi connectivity index (χ4n) is 2.10. The summed E-state index contributed by atoms with van der Waals surface area (Å²) in [6.07, 6.45) is 0. The molecule has 2 rings (SSSR count). The third kappa shape index (κ3) is 2.93. The van der Waals surface area contributed by atoms with Crippen molar-refractivity contribution in [3.63, 3.8) is 0 Å². The predicted molar refractivity (Wildman–Crippen MR) is 79.4 cm³/mol. The number of carbonyl (C=O) groups excluding carboxylic acids is 1. The van der Waals surface area contributed by atoms with E-state index in [4.69, 9.17) is 0 Å². The predicted octanol–water partition coefficient (Wildman–Crippen LogP) is 3.27. The van der Waals surface area contributed by atoms with E-state index in [0.29, 0.717) is 5.56 Å². The van der Waals surface area contributed by atoms with Crippen LogP contribution in [0.25, 0.3) is 0 Å². The van der Waals surface area contributed by atoms with Gasteiger partial charge in [0, 0.05) is 15.3 Å². The molecule has 1 unspecified atom stereocenters. The number of thiophene rings is 1.